The number of benzene rings is 8. The molecule has 0 radical (unpaired) electrons. The third-order valence-corrected chi connectivity index (χ3v) is 13.6. The van der Waals surface area contributed by atoms with Gasteiger partial charge >= 0.3 is 0 Å². The molecule has 6 heteroatoms. The Balaban J connectivity index is 1.32. The van der Waals surface area contributed by atoms with Gasteiger partial charge in [-0.1, -0.05) is 84.9 Å². The summed E-state index contributed by atoms with van der Waals surface area (Å²) in [5.74, 6) is 0. The number of nitrogens with zero attached hydrogens (tertiary/aromatic N) is 6. The third-order valence-electron chi connectivity index (χ3n) is 13.6. The summed E-state index contributed by atoms with van der Waals surface area (Å²) in [6, 6.07) is 51.3. The molecule has 4 heterocycles. The second-order valence-electron chi connectivity index (χ2n) is 16.0. The molecule has 0 fully saturated rings. The van der Waals surface area contributed by atoms with Crippen molar-refractivity contribution in [2.24, 2.45) is 0 Å². The monoisotopic (exact) mass is 742 g/mol. The zero-order valence-corrected chi connectivity index (χ0v) is 30.9. The van der Waals surface area contributed by atoms with E-state index in [-0.39, 0.29) is 0 Å². The van der Waals surface area contributed by atoms with Gasteiger partial charge in [0.15, 0.2) is 11.4 Å². The minimum atomic E-state index is -0.701. The lowest BCUT2D eigenvalue weighted by Crippen LogP contribution is -2.25. The van der Waals surface area contributed by atoms with Crippen molar-refractivity contribution in [2.75, 3.05) is 0 Å². The van der Waals surface area contributed by atoms with Gasteiger partial charge in [0.25, 0.3) is 0 Å². The first-order valence-electron chi connectivity index (χ1n) is 19.4. The summed E-state index contributed by atoms with van der Waals surface area (Å²) in [5, 5.41) is 29.0. The summed E-state index contributed by atoms with van der Waals surface area (Å²) in [6.07, 6.45) is 0. The fourth-order valence-corrected chi connectivity index (χ4v) is 11.6. The van der Waals surface area contributed by atoms with Crippen LogP contribution in [-0.4, -0.2) is 8.80 Å². The Hall–Kier alpha value is -8.68. The average molecular weight is 743 g/mol. The van der Waals surface area contributed by atoms with Gasteiger partial charge < -0.3 is 8.80 Å². The van der Waals surface area contributed by atoms with Crippen LogP contribution in [0.1, 0.15) is 33.4 Å². The Labute approximate surface area is 335 Å². The first-order chi connectivity index (χ1) is 29.1. The molecule has 0 atom stereocenters. The molecule has 264 valence electrons. The molecule has 2 aliphatic carbocycles. The standard InChI is InChI=1S/C53H22N6/c1-56-29-13-17-34-38-24-42-50(48-36-18-14-30(57-2)22-46(36)59(52(38)48)45(34)21-29)49-41(53(42)39-9-5-3-7-31(39)32-8-4-6-10-40(32)53)23-37-33-15-11-27(25-54)19-43(33)58-44-20-28(26-55)12-16-35(44)47(49)51(37)58/h3-24H. The summed E-state index contributed by atoms with van der Waals surface area (Å²) in [7, 11) is 0. The van der Waals surface area contributed by atoms with Crippen molar-refractivity contribution in [2.45, 2.75) is 5.41 Å². The Morgan fingerprint density at radius 1 is 0.441 bits per heavy atom. The van der Waals surface area contributed by atoms with Crippen LogP contribution in [0, 0.1) is 35.8 Å². The van der Waals surface area contributed by atoms with Gasteiger partial charge in [0, 0.05) is 54.1 Å². The summed E-state index contributed by atoms with van der Waals surface area (Å²) < 4.78 is 4.56. The van der Waals surface area contributed by atoms with Crippen molar-refractivity contribution in [3.63, 3.8) is 0 Å². The highest BCUT2D eigenvalue weighted by Gasteiger charge is 2.54. The molecule has 0 bridgehead atoms. The molecule has 0 unspecified atom stereocenters. The third kappa shape index (κ3) is 3.22. The molecular weight excluding hydrogens is 721 g/mol. The van der Waals surface area contributed by atoms with E-state index in [1.807, 2.05) is 48.5 Å². The molecule has 14 rings (SSSR count). The van der Waals surface area contributed by atoms with Crippen LogP contribution in [0.4, 0.5) is 11.4 Å². The second kappa shape index (κ2) is 10.00. The molecule has 0 amide bonds. The van der Waals surface area contributed by atoms with Gasteiger partial charge in [-0.25, -0.2) is 9.69 Å². The van der Waals surface area contributed by atoms with Crippen LogP contribution in [-0.2, 0) is 5.41 Å². The maximum Gasteiger partial charge on any atom is 0.189 e. The first kappa shape index (κ1) is 30.5. The fraction of sp³-hybridized carbons (Fsp3) is 0.0189. The largest absolute Gasteiger partial charge is 0.311 e. The van der Waals surface area contributed by atoms with Crippen molar-refractivity contribution in [3.8, 4) is 34.4 Å². The van der Waals surface area contributed by atoms with E-state index in [0.717, 1.165) is 87.3 Å². The van der Waals surface area contributed by atoms with E-state index in [1.165, 1.54) is 33.4 Å². The maximum atomic E-state index is 10.2. The number of aromatic nitrogens is 2. The van der Waals surface area contributed by atoms with Gasteiger partial charge in [-0.2, -0.15) is 10.5 Å². The second-order valence-corrected chi connectivity index (χ2v) is 16.0. The molecule has 59 heavy (non-hydrogen) atoms. The minimum Gasteiger partial charge on any atom is -0.311 e. The number of nitriles is 2. The van der Waals surface area contributed by atoms with E-state index >= 15 is 0 Å². The Morgan fingerprint density at radius 2 is 0.864 bits per heavy atom. The van der Waals surface area contributed by atoms with E-state index in [9.17, 15) is 10.5 Å². The van der Waals surface area contributed by atoms with Crippen LogP contribution in [0.5, 0.6) is 0 Å². The number of rotatable bonds is 0. The van der Waals surface area contributed by atoms with Crippen LogP contribution < -0.4 is 0 Å². The lowest BCUT2D eigenvalue weighted by atomic mass is 9.70. The summed E-state index contributed by atoms with van der Waals surface area (Å²) in [6.45, 7) is 16.0. The molecule has 0 saturated carbocycles. The first-order valence-corrected chi connectivity index (χ1v) is 19.4. The lowest BCUT2D eigenvalue weighted by Gasteiger charge is -2.30. The predicted octanol–water partition coefficient (Wildman–Crippen LogP) is 13.2. The number of fused-ring (bicyclic) bond motifs is 24. The minimum absolute atomic E-state index is 0.559. The molecule has 1 spiro atoms. The van der Waals surface area contributed by atoms with Crippen molar-refractivity contribution >= 4 is 87.6 Å². The fourth-order valence-electron chi connectivity index (χ4n) is 11.6. The van der Waals surface area contributed by atoms with Crippen LogP contribution in [0.15, 0.2) is 133 Å². The SMILES string of the molecule is [C-]#[N+]c1ccc2c3cc4c(c5c6ccc([N+]#[C-])cc6n(c2c1)c35)-c1c(cc2c3ccc(C#N)cc3n3c5cc(C#N)ccc5c1c23)C41c2ccccc2-c2ccccc21. The Kier molecular flexibility index (Phi) is 5.17. The molecule has 8 aromatic carbocycles. The molecule has 12 aromatic rings. The highest BCUT2D eigenvalue weighted by atomic mass is 14.9. The molecule has 0 N–H and O–H groups in total. The highest BCUT2D eigenvalue weighted by molar-refractivity contribution is 6.35. The molecule has 2 aliphatic rings. The smallest absolute Gasteiger partial charge is 0.189 e. The molecule has 0 saturated heterocycles. The van der Waals surface area contributed by atoms with Gasteiger partial charge in [-0.3, -0.25) is 0 Å². The van der Waals surface area contributed by atoms with Crippen LogP contribution in [0.2, 0.25) is 0 Å². The van der Waals surface area contributed by atoms with Crippen molar-refractivity contribution in [3.05, 3.63) is 190 Å². The van der Waals surface area contributed by atoms with Gasteiger partial charge in [0.2, 0.25) is 0 Å². The Morgan fingerprint density at radius 3 is 1.37 bits per heavy atom. The topological polar surface area (TPSA) is 65.1 Å². The molecule has 0 aliphatic heterocycles. The van der Waals surface area contributed by atoms with Crippen LogP contribution >= 0.6 is 0 Å². The number of hydrogen-bond acceptors (Lipinski definition) is 2. The van der Waals surface area contributed by atoms with Gasteiger partial charge in [0.1, 0.15) is 0 Å². The highest BCUT2D eigenvalue weighted by Crippen LogP contribution is 2.67. The lowest BCUT2D eigenvalue weighted by molar-refractivity contribution is 0.797. The quantitative estimate of drug-likeness (QED) is 0.145. The molecular formula is C53H22N6. The zero-order valence-electron chi connectivity index (χ0n) is 30.9. The van der Waals surface area contributed by atoms with Gasteiger partial charge in [-0.05, 0) is 93.0 Å². The van der Waals surface area contributed by atoms with E-state index in [0.29, 0.717) is 22.5 Å². The van der Waals surface area contributed by atoms with Crippen molar-refractivity contribution in [1.82, 2.24) is 8.80 Å². The van der Waals surface area contributed by atoms with Crippen LogP contribution in [0.3, 0.4) is 0 Å². The summed E-state index contributed by atoms with van der Waals surface area (Å²) in [4.78, 5) is 7.71. The van der Waals surface area contributed by atoms with Gasteiger partial charge in [-0.15, -0.1) is 0 Å². The maximum absolute atomic E-state index is 10.2. The zero-order chi connectivity index (χ0) is 39.1. The van der Waals surface area contributed by atoms with E-state index < -0.39 is 5.41 Å². The average Bonchev–Trinajstić information content (AvgIpc) is 4.11. The number of hydrogen-bond donors (Lipinski definition) is 0. The normalized spacial score (nSPS) is 13.5. The van der Waals surface area contributed by atoms with E-state index in [4.69, 9.17) is 13.1 Å². The summed E-state index contributed by atoms with van der Waals surface area (Å²) >= 11 is 0. The van der Waals surface area contributed by atoms with Crippen molar-refractivity contribution in [1.29, 1.82) is 10.5 Å². The van der Waals surface area contributed by atoms with E-state index in [1.54, 1.807) is 0 Å². The predicted molar refractivity (Wildman–Crippen MR) is 234 cm³/mol. The molecule has 4 aromatic heterocycles. The van der Waals surface area contributed by atoms with E-state index in [2.05, 4.69) is 116 Å². The van der Waals surface area contributed by atoms with Crippen molar-refractivity contribution < 1.29 is 0 Å². The summed E-state index contributed by atoms with van der Waals surface area (Å²) in [5.41, 5.74) is 17.1. The Bertz CT molecular complexity index is 3910. The van der Waals surface area contributed by atoms with Crippen LogP contribution in [0.25, 0.3) is 108 Å². The molecule has 6 nitrogen and oxygen atoms in total. The van der Waals surface area contributed by atoms with Gasteiger partial charge in [0.05, 0.1) is 63.9 Å².